The zero-order valence-corrected chi connectivity index (χ0v) is 48.1. The van der Waals surface area contributed by atoms with E-state index in [1.807, 2.05) is 0 Å². The van der Waals surface area contributed by atoms with E-state index < -0.39 is 107 Å². The van der Waals surface area contributed by atoms with Crippen molar-refractivity contribution in [3.05, 3.63) is 152 Å². The van der Waals surface area contributed by atoms with Crippen molar-refractivity contribution >= 4 is 137 Å². The summed E-state index contributed by atoms with van der Waals surface area (Å²) in [5, 5.41) is 26.5. The molecule has 6 N–H and O–H groups in total. The fraction of sp³-hybridized carbons (Fsp3) is 0.192. The number of amides is 2. The van der Waals surface area contributed by atoms with E-state index in [0.29, 0.717) is 55.7 Å². The minimum atomic E-state index is -4.87. The summed E-state index contributed by atoms with van der Waals surface area (Å²) in [7, 11) is -18.4. The van der Waals surface area contributed by atoms with Gasteiger partial charge in [-0.2, -0.15) is 0 Å². The first-order valence-corrected chi connectivity index (χ1v) is 32.1. The zero-order valence-electron chi connectivity index (χ0n) is 43.2. The minimum absolute atomic E-state index is 0.00401. The summed E-state index contributed by atoms with van der Waals surface area (Å²) in [5.74, 6) is -1.77. The van der Waals surface area contributed by atoms with Crippen LogP contribution in [0.15, 0.2) is 132 Å². The Labute approximate surface area is 488 Å². The quantitative estimate of drug-likeness (QED) is 0.0136. The number of carbonyl (C=O) groups is 2. The Morgan fingerprint density at radius 1 is 0.576 bits per heavy atom. The SMILES string of the molecule is O=C(c1cc2cc(-c3ccc(-c4ccc5oc(C(=O)N6CC(CCl)c7c6cc([N+](=O)[O-])c6cc(S(=O)(=O)NCCOP(=O)(O)O)ccc76)cc5c4)o3)ccc2o1)N1CC(CCl)c2c1cc([N+](=O)[O-])c1cc(S(=O)(=O)NCCOP(=O)(O)O)ccc21. The van der Waals surface area contributed by atoms with Gasteiger partial charge in [-0.25, -0.2) is 35.4 Å². The first-order valence-electron chi connectivity index (χ1n) is 25.1. The first kappa shape index (κ1) is 59.3. The van der Waals surface area contributed by atoms with Crippen molar-refractivity contribution in [2.24, 2.45) is 0 Å². The molecule has 2 unspecified atom stereocenters. The second-order valence-corrected chi connectivity index (χ2v) is 26.1. The number of benzene rings is 6. The van der Waals surface area contributed by atoms with E-state index >= 15 is 0 Å². The number of nitro benzene ring substituents is 2. The van der Waals surface area contributed by atoms with E-state index in [2.05, 4.69) is 18.5 Å². The highest BCUT2D eigenvalue weighted by atomic mass is 35.5. The molecule has 2 aliphatic heterocycles. The zero-order chi connectivity index (χ0) is 60.7. The van der Waals surface area contributed by atoms with Crippen molar-refractivity contribution in [2.45, 2.75) is 21.6 Å². The maximum atomic E-state index is 14.3. The normalized spacial score (nSPS) is 15.6. The Kier molecular flexibility index (Phi) is 15.7. The number of non-ortho nitro benzene ring substituents is 2. The van der Waals surface area contributed by atoms with Crippen molar-refractivity contribution in [3.63, 3.8) is 0 Å². The molecule has 0 spiro atoms. The van der Waals surface area contributed by atoms with Crippen molar-refractivity contribution < 1.29 is 87.3 Å². The average molecular weight is 1280 g/mol. The van der Waals surface area contributed by atoms with Crippen LogP contribution in [0.25, 0.3) is 66.1 Å². The molecule has 0 bridgehead atoms. The largest absolute Gasteiger partial charge is 0.469 e. The van der Waals surface area contributed by atoms with Crippen LogP contribution >= 0.6 is 38.8 Å². The third-order valence-corrected chi connectivity index (χ3v) is 18.9. The van der Waals surface area contributed by atoms with E-state index in [1.54, 1.807) is 48.5 Å². The van der Waals surface area contributed by atoms with Gasteiger partial charge in [0.05, 0.1) is 55.0 Å². The number of anilines is 2. The molecule has 27 nitrogen and oxygen atoms in total. The fourth-order valence-corrected chi connectivity index (χ4v) is 13.8. The van der Waals surface area contributed by atoms with E-state index in [0.717, 1.165) is 12.1 Å². The van der Waals surface area contributed by atoms with Crippen LogP contribution in [-0.2, 0) is 38.2 Å². The highest BCUT2D eigenvalue weighted by Gasteiger charge is 2.40. The Bertz CT molecular complexity index is 4350. The van der Waals surface area contributed by atoms with Gasteiger partial charge in [0.2, 0.25) is 20.0 Å². The number of sulfonamides is 2. The molecule has 2 amide bonds. The number of nitro groups is 2. The lowest BCUT2D eigenvalue weighted by atomic mass is 9.95. The van der Waals surface area contributed by atoms with Crippen molar-refractivity contribution in [1.82, 2.24) is 9.44 Å². The Morgan fingerprint density at radius 2 is 0.976 bits per heavy atom. The lowest BCUT2D eigenvalue weighted by molar-refractivity contribution is -0.383. The van der Waals surface area contributed by atoms with Gasteiger partial charge in [-0.15, -0.1) is 23.2 Å². The summed E-state index contributed by atoms with van der Waals surface area (Å²) in [4.78, 5) is 89.9. The van der Waals surface area contributed by atoms with E-state index in [4.69, 9.17) is 56.0 Å². The van der Waals surface area contributed by atoms with Crippen molar-refractivity contribution in [2.75, 3.05) is 61.0 Å². The number of alkyl halides is 2. The second-order valence-electron chi connectivity index (χ2n) is 19.5. The number of phosphoric ester groups is 2. The number of halogens is 2. The van der Waals surface area contributed by atoms with E-state index in [-0.39, 0.29) is 79.1 Å². The molecule has 33 heteroatoms. The molecule has 0 aliphatic carbocycles. The van der Waals surface area contributed by atoms with Gasteiger partial charge in [-0.3, -0.25) is 38.9 Å². The van der Waals surface area contributed by atoms with E-state index in [9.17, 15) is 55.8 Å². The first-order chi connectivity index (χ1) is 40.2. The Hall–Kier alpha value is -7.44. The molecule has 0 fully saturated rings. The molecule has 5 heterocycles. The van der Waals surface area contributed by atoms with Gasteiger partial charge in [-0.05, 0) is 107 Å². The van der Waals surface area contributed by atoms with Crippen LogP contribution in [0.1, 0.15) is 44.1 Å². The average Bonchev–Trinajstić information content (AvgIpc) is 1.88. The fourth-order valence-electron chi connectivity index (χ4n) is 10.6. The topological polar surface area (TPSA) is 392 Å². The molecule has 442 valence electrons. The summed E-state index contributed by atoms with van der Waals surface area (Å²) in [6.07, 6.45) is 0. The van der Waals surface area contributed by atoms with Crippen LogP contribution in [0.2, 0.25) is 0 Å². The number of rotatable bonds is 20. The molecule has 0 saturated heterocycles. The summed E-state index contributed by atoms with van der Waals surface area (Å²) in [5.41, 5.74) is 2.09. The molecule has 85 heavy (non-hydrogen) atoms. The van der Waals surface area contributed by atoms with E-state index in [1.165, 1.54) is 58.3 Å². The van der Waals surface area contributed by atoms with Crippen LogP contribution < -0.4 is 19.2 Å². The number of nitrogens with one attached hydrogen (secondary N) is 2. The number of hydrogen-bond donors (Lipinski definition) is 6. The van der Waals surface area contributed by atoms with Gasteiger partial charge in [0, 0.05) is 83.8 Å². The number of phosphoric acid groups is 2. The van der Waals surface area contributed by atoms with Crippen LogP contribution in [0.5, 0.6) is 0 Å². The summed E-state index contributed by atoms with van der Waals surface area (Å²) in [6, 6.07) is 26.3. The molecule has 0 saturated carbocycles. The predicted octanol–water partition coefficient (Wildman–Crippen LogP) is 8.97. The number of furan rings is 3. The molecule has 9 aromatic rings. The molecule has 11 rings (SSSR count). The predicted molar refractivity (Wildman–Crippen MR) is 307 cm³/mol. The molecule has 0 radical (unpaired) electrons. The molecule has 2 atom stereocenters. The van der Waals surface area contributed by atoms with Gasteiger partial charge < -0.3 is 42.6 Å². The van der Waals surface area contributed by atoms with Crippen LogP contribution in [-0.4, -0.2) is 109 Å². The minimum Gasteiger partial charge on any atom is -0.456 e. The standard InChI is InChI=1S/C52H42Cl2N6O21P2S2/c53-23-31-25-57(41-21-39(59(63)64)37-19-33(3-5-35(37)49(31)41)84(73,74)55-11-13-77-82(67,68)69)51(61)47-17-29-15-27(1-7-45(29)80-47)43-9-10-44(79-43)28-2-8-46-30(16-28)18-48(81-46)52(62)58-26-32(24-54)50-36-6-4-34(20-38(36)40(60(65)66)22-42(50)58)85(75,76)56-12-14-78-83(70,71)72/h1-10,15-22,31-32,55-56H,11-14,23-26H2,(H2,67,68,69)(H2,70,71,72). The summed E-state index contributed by atoms with van der Waals surface area (Å²) >= 11 is 12.9. The van der Waals surface area contributed by atoms with Gasteiger partial charge in [0.1, 0.15) is 22.7 Å². The molecule has 6 aromatic carbocycles. The van der Waals surface area contributed by atoms with Gasteiger partial charge >= 0.3 is 15.6 Å². The van der Waals surface area contributed by atoms with Crippen molar-refractivity contribution in [3.8, 4) is 22.6 Å². The van der Waals surface area contributed by atoms with Gasteiger partial charge in [0.15, 0.2) is 11.5 Å². The van der Waals surface area contributed by atoms with Gasteiger partial charge in [0.25, 0.3) is 23.2 Å². The molecular formula is C52H42Cl2N6O21P2S2. The lowest BCUT2D eigenvalue weighted by Crippen LogP contribution is -2.29. The highest BCUT2D eigenvalue weighted by Crippen LogP contribution is 2.49. The smallest absolute Gasteiger partial charge is 0.456 e. The Balaban J connectivity index is 0.819. The third-order valence-electron chi connectivity index (χ3n) is 14.2. The second kappa shape index (κ2) is 22.4. The Morgan fingerprint density at radius 3 is 1.34 bits per heavy atom. The maximum Gasteiger partial charge on any atom is 0.469 e. The summed E-state index contributed by atoms with van der Waals surface area (Å²) in [6.45, 7) is -2.37. The van der Waals surface area contributed by atoms with Crippen LogP contribution in [0, 0.1) is 20.2 Å². The number of nitrogens with zero attached hydrogens (tertiary/aromatic N) is 4. The number of hydrogen-bond acceptors (Lipinski definition) is 17. The molecule has 3 aromatic heterocycles. The molecule has 2 aliphatic rings. The van der Waals surface area contributed by atoms with Crippen LogP contribution in [0.3, 0.4) is 0 Å². The maximum absolute atomic E-state index is 14.3. The molecular weight excluding hydrogens is 1240 g/mol. The third kappa shape index (κ3) is 11.6. The summed E-state index contributed by atoms with van der Waals surface area (Å²) < 4.78 is 106. The lowest BCUT2D eigenvalue weighted by Gasteiger charge is -2.16. The number of carbonyl (C=O) groups excluding carboxylic acids is 2. The highest BCUT2D eigenvalue weighted by molar-refractivity contribution is 7.89. The number of fused-ring (bicyclic) bond motifs is 8. The van der Waals surface area contributed by atoms with Crippen LogP contribution in [0.4, 0.5) is 22.7 Å². The monoisotopic (exact) mass is 1280 g/mol. The van der Waals surface area contributed by atoms with Crippen molar-refractivity contribution in [1.29, 1.82) is 0 Å². The van der Waals surface area contributed by atoms with Gasteiger partial charge in [-0.1, -0.05) is 12.1 Å².